The molecule has 1 aliphatic carbocycles. The van der Waals surface area contributed by atoms with Gasteiger partial charge >= 0.3 is 0 Å². The van der Waals surface area contributed by atoms with Gasteiger partial charge in [-0.2, -0.15) is 4.72 Å². The number of rotatable bonds is 11. The molecule has 1 aromatic rings. The minimum atomic E-state index is -3.37. The molecule has 0 heterocycles. The van der Waals surface area contributed by atoms with E-state index in [9.17, 15) is 8.42 Å². The molecule has 1 aliphatic rings. The largest absolute Gasteiger partial charge is 0.474 e. The Hall–Kier alpha value is -1.11. The van der Waals surface area contributed by atoms with Crippen molar-refractivity contribution in [2.24, 2.45) is 0 Å². The topological polar surface area (TPSA) is 58.6 Å². The van der Waals surface area contributed by atoms with Crippen LogP contribution in [0, 0.1) is 0 Å². The molecule has 0 amide bonds. The van der Waals surface area contributed by atoms with Crippen molar-refractivity contribution >= 4 is 10.0 Å². The minimum Gasteiger partial charge on any atom is -0.474 e. The summed E-state index contributed by atoms with van der Waals surface area (Å²) < 4.78 is 33.4. The van der Waals surface area contributed by atoms with Crippen LogP contribution in [-0.4, -0.2) is 43.9 Å². The van der Waals surface area contributed by atoms with Crippen molar-refractivity contribution in [3.63, 3.8) is 0 Å². The van der Waals surface area contributed by atoms with Crippen LogP contribution >= 0.6 is 0 Å². The van der Waals surface area contributed by atoms with Gasteiger partial charge in [-0.25, -0.2) is 8.42 Å². The van der Waals surface area contributed by atoms with Crippen molar-refractivity contribution in [3.05, 3.63) is 29.3 Å². The first-order valence-corrected chi connectivity index (χ1v) is 12.4. The van der Waals surface area contributed by atoms with Gasteiger partial charge in [0, 0.05) is 6.04 Å². The summed E-state index contributed by atoms with van der Waals surface area (Å²) in [5.41, 5.74) is 2.57. The lowest BCUT2D eigenvalue weighted by Crippen LogP contribution is -2.42. The van der Waals surface area contributed by atoms with Crippen LogP contribution in [0.15, 0.2) is 18.2 Å². The molecule has 3 atom stereocenters. The summed E-state index contributed by atoms with van der Waals surface area (Å²) in [7, 11) is -3.37. The second-order valence-corrected chi connectivity index (χ2v) is 10.1. The number of benzene rings is 1. The molecule has 0 saturated heterocycles. The van der Waals surface area contributed by atoms with Gasteiger partial charge in [0.25, 0.3) is 0 Å². The summed E-state index contributed by atoms with van der Waals surface area (Å²) in [5, 5.41) is -0.427. The second kappa shape index (κ2) is 10.6. The first kappa shape index (κ1) is 23.2. The van der Waals surface area contributed by atoms with E-state index in [1.807, 2.05) is 19.1 Å². The van der Waals surface area contributed by atoms with E-state index in [2.05, 4.69) is 29.5 Å². The second-order valence-electron chi connectivity index (χ2n) is 7.97. The molecule has 0 saturated carbocycles. The van der Waals surface area contributed by atoms with E-state index in [0.29, 0.717) is 12.5 Å². The first-order valence-electron chi connectivity index (χ1n) is 10.8. The van der Waals surface area contributed by atoms with Crippen molar-refractivity contribution in [2.75, 3.05) is 13.1 Å². The fourth-order valence-electron chi connectivity index (χ4n) is 3.99. The van der Waals surface area contributed by atoms with Crippen LogP contribution < -0.4 is 9.46 Å². The number of nitrogens with zero attached hydrogens (tertiary/aromatic N) is 1. The zero-order valence-corrected chi connectivity index (χ0v) is 19.0. The van der Waals surface area contributed by atoms with Gasteiger partial charge in [0.15, 0.2) is 6.23 Å². The van der Waals surface area contributed by atoms with Crippen molar-refractivity contribution in [1.29, 1.82) is 0 Å². The van der Waals surface area contributed by atoms with Crippen LogP contribution in [0.5, 0.6) is 5.75 Å². The van der Waals surface area contributed by atoms with Crippen LogP contribution in [0.2, 0.25) is 0 Å². The molecule has 6 heteroatoms. The lowest BCUT2D eigenvalue weighted by molar-refractivity contribution is 0.173. The Bertz CT molecular complexity index is 714. The van der Waals surface area contributed by atoms with Gasteiger partial charge in [-0.15, -0.1) is 0 Å². The predicted octanol–water partition coefficient (Wildman–Crippen LogP) is 4.11. The Balaban J connectivity index is 2.14. The summed E-state index contributed by atoms with van der Waals surface area (Å²) in [6, 6.07) is 6.69. The van der Waals surface area contributed by atoms with Crippen molar-refractivity contribution in [1.82, 2.24) is 9.62 Å². The van der Waals surface area contributed by atoms with E-state index >= 15 is 0 Å². The van der Waals surface area contributed by atoms with E-state index in [0.717, 1.165) is 44.5 Å². The van der Waals surface area contributed by atoms with E-state index in [1.54, 1.807) is 13.8 Å². The van der Waals surface area contributed by atoms with Gasteiger partial charge in [0.1, 0.15) is 5.75 Å². The highest BCUT2D eigenvalue weighted by molar-refractivity contribution is 7.90. The average Bonchev–Trinajstić information content (AvgIpc) is 2.66. The number of hydrogen-bond donors (Lipinski definition) is 1. The molecule has 1 aromatic carbocycles. The molecule has 0 bridgehead atoms. The number of aryl methyl sites for hydroxylation is 1. The first-order chi connectivity index (χ1) is 13.3. The lowest BCUT2D eigenvalue weighted by atomic mass is 9.86. The van der Waals surface area contributed by atoms with Crippen LogP contribution in [0.4, 0.5) is 0 Å². The molecule has 0 aromatic heterocycles. The zero-order valence-electron chi connectivity index (χ0n) is 18.2. The van der Waals surface area contributed by atoms with Gasteiger partial charge in [-0.1, -0.05) is 32.9 Å². The molecule has 3 unspecified atom stereocenters. The monoisotopic (exact) mass is 410 g/mol. The molecule has 160 valence electrons. The number of fused-ring (bicyclic) bond motifs is 1. The summed E-state index contributed by atoms with van der Waals surface area (Å²) >= 11 is 0. The minimum absolute atomic E-state index is 0.427. The molecular weight excluding hydrogens is 372 g/mol. The Morgan fingerprint density at radius 3 is 2.46 bits per heavy atom. The van der Waals surface area contributed by atoms with Gasteiger partial charge in [0.05, 0.1) is 5.25 Å². The molecule has 0 radical (unpaired) electrons. The lowest BCUT2D eigenvalue weighted by Gasteiger charge is -2.36. The Kier molecular flexibility index (Phi) is 8.78. The molecular formula is C22H38N2O3S. The fourth-order valence-corrected chi connectivity index (χ4v) is 5.17. The maximum atomic E-state index is 12.3. The molecule has 2 rings (SSSR count). The summed E-state index contributed by atoms with van der Waals surface area (Å²) in [4.78, 5) is 2.61. The third kappa shape index (κ3) is 5.94. The maximum Gasteiger partial charge on any atom is 0.217 e. The highest BCUT2D eigenvalue weighted by atomic mass is 32.2. The van der Waals surface area contributed by atoms with Crippen molar-refractivity contribution in [3.8, 4) is 5.75 Å². The fraction of sp³-hybridized carbons (Fsp3) is 0.727. The van der Waals surface area contributed by atoms with Gasteiger partial charge in [0.2, 0.25) is 10.0 Å². The average molecular weight is 411 g/mol. The Morgan fingerprint density at radius 1 is 1.18 bits per heavy atom. The quantitative estimate of drug-likeness (QED) is 0.558. The highest BCUT2D eigenvalue weighted by Crippen LogP contribution is 2.32. The van der Waals surface area contributed by atoms with Crippen LogP contribution in [0.1, 0.15) is 71.4 Å². The van der Waals surface area contributed by atoms with E-state index < -0.39 is 21.5 Å². The maximum absolute atomic E-state index is 12.3. The van der Waals surface area contributed by atoms with Crippen LogP contribution in [0.25, 0.3) is 0 Å². The summed E-state index contributed by atoms with van der Waals surface area (Å²) in [6.07, 6.45) is 5.51. The van der Waals surface area contributed by atoms with Crippen LogP contribution in [0.3, 0.4) is 0 Å². The van der Waals surface area contributed by atoms with Gasteiger partial charge in [-0.3, -0.25) is 0 Å². The van der Waals surface area contributed by atoms with E-state index in [-0.39, 0.29) is 0 Å². The SMILES string of the molecule is CCCN(CCC)C1CCc2cccc(OC(C)NS(=O)(=O)C(C)CC)c2C1. The molecule has 1 N–H and O–H groups in total. The van der Waals surface area contributed by atoms with Crippen molar-refractivity contribution < 1.29 is 13.2 Å². The molecule has 0 aliphatic heterocycles. The highest BCUT2D eigenvalue weighted by Gasteiger charge is 2.27. The third-order valence-electron chi connectivity index (χ3n) is 5.69. The predicted molar refractivity (Wildman–Crippen MR) is 116 cm³/mol. The number of sulfonamides is 1. The van der Waals surface area contributed by atoms with Gasteiger partial charge < -0.3 is 9.64 Å². The smallest absolute Gasteiger partial charge is 0.217 e. The Morgan fingerprint density at radius 2 is 1.86 bits per heavy atom. The van der Waals surface area contributed by atoms with E-state index in [4.69, 9.17) is 4.74 Å². The molecule has 5 nitrogen and oxygen atoms in total. The standard InChI is InChI=1S/C22H38N2O3S/c1-6-14-24(15-7-2)20-13-12-19-10-9-11-22(21(19)16-20)27-18(5)23-28(25,26)17(4)8-3/h9-11,17-18,20,23H,6-8,12-16H2,1-5H3. The third-order valence-corrected chi connectivity index (χ3v) is 7.75. The molecule has 28 heavy (non-hydrogen) atoms. The van der Waals surface area contributed by atoms with E-state index in [1.165, 1.54) is 17.5 Å². The van der Waals surface area contributed by atoms with Crippen molar-refractivity contribution in [2.45, 2.75) is 90.7 Å². The summed E-state index contributed by atoms with van der Waals surface area (Å²) in [5.74, 6) is 0.814. The Labute approximate surface area is 171 Å². The number of nitrogens with one attached hydrogen (secondary N) is 1. The summed E-state index contributed by atoms with van der Waals surface area (Å²) in [6.45, 7) is 12.1. The molecule has 0 spiro atoms. The zero-order chi connectivity index (χ0) is 20.7. The molecule has 0 fully saturated rings. The van der Waals surface area contributed by atoms with Gasteiger partial charge in [-0.05, 0) is 82.7 Å². The number of hydrogen-bond acceptors (Lipinski definition) is 4. The number of ether oxygens (including phenoxy) is 1. The van der Waals surface area contributed by atoms with Crippen LogP contribution in [-0.2, 0) is 22.9 Å². The normalized spacial score (nSPS) is 19.3.